The lowest BCUT2D eigenvalue weighted by Gasteiger charge is -2.34. The zero-order chi connectivity index (χ0) is 29.3. The standard InChI is InChI=1S/C31H39N5O5/c1-18-23-12-11-21-8-7-20(16-25(21)34-23)13-14-31(3,4)30(40)41-27(22-9-10-22)29(39)33-19(2)26(37)17-36-15-5-6-24(35-36)28(38)32-18/h7-8,11-14,16,18-19,22,24,27,35H,5-6,9-10,15,17H2,1-4H3,(H,32,38)(H,33,39)/b14-13+/t18-,19+,24+,27+/m1/s1. The number of cyclic esters (lactones) is 1. The topological polar surface area (TPSA) is 130 Å². The van der Waals surface area contributed by atoms with Crippen molar-refractivity contribution >= 4 is 40.5 Å². The fourth-order valence-corrected chi connectivity index (χ4v) is 5.14. The minimum atomic E-state index is -0.995. The van der Waals surface area contributed by atoms with Crippen molar-refractivity contribution in [2.45, 2.75) is 77.6 Å². The second kappa shape index (κ2) is 11.7. The van der Waals surface area contributed by atoms with Gasteiger partial charge in [-0.05, 0) is 71.1 Å². The van der Waals surface area contributed by atoms with Crippen LogP contribution in [0.2, 0.25) is 0 Å². The first-order chi connectivity index (χ1) is 19.5. The average Bonchev–Trinajstić information content (AvgIpc) is 3.79. The van der Waals surface area contributed by atoms with E-state index >= 15 is 0 Å². The Morgan fingerprint density at radius 3 is 2.44 bits per heavy atom. The van der Waals surface area contributed by atoms with E-state index in [-0.39, 0.29) is 30.2 Å². The Labute approximate surface area is 240 Å². The number of benzene rings is 1. The molecule has 2 aliphatic heterocycles. The Bertz CT molecular complexity index is 1380. The summed E-state index contributed by atoms with van der Waals surface area (Å²) < 4.78 is 5.77. The Hall–Kier alpha value is -3.63. The van der Waals surface area contributed by atoms with E-state index in [4.69, 9.17) is 9.72 Å². The normalized spacial score (nSPS) is 30.6. The summed E-state index contributed by atoms with van der Waals surface area (Å²) in [6, 6.07) is 8.15. The molecule has 0 spiro atoms. The van der Waals surface area contributed by atoms with Gasteiger partial charge < -0.3 is 15.4 Å². The van der Waals surface area contributed by atoms with Crippen LogP contribution in [-0.2, 0) is 23.9 Å². The summed E-state index contributed by atoms with van der Waals surface area (Å²) in [6.45, 7) is 7.65. The van der Waals surface area contributed by atoms with E-state index in [9.17, 15) is 19.2 Å². The number of esters is 1. The van der Waals surface area contributed by atoms with Crippen molar-refractivity contribution < 1.29 is 23.9 Å². The number of hydrogen-bond donors (Lipinski definition) is 3. The molecule has 2 aromatic rings. The van der Waals surface area contributed by atoms with Gasteiger partial charge in [0.25, 0.3) is 5.91 Å². The van der Waals surface area contributed by atoms with Crippen molar-refractivity contribution in [3.8, 4) is 0 Å². The van der Waals surface area contributed by atoms with Crippen molar-refractivity contribution in [2.75, 3.05) is 13.1 Å². The van der Waals surface area contributed by atoms with Crippen LogP contribution in [0.15, 0.2) is 36.4 Å². The Morgan fingerprint density at radius 1 is 0.951 bits per heavy atom. The second-order valence-corrected chi connectivity index (χ2v) is 12.1. The number of nitrogens with one attached hydrogen (secondary N) is 3. The molecule has 1 saturated carbocycles. The molecular formula is C31H39N5O5. The average molecular weight is 562 g/mol. The molecule has 1 aromatic heterocycles. The number of hydrazine groups is 1. The van der Waals surface area contributed by atoms with Gasteiger partial charge >= 0.3 is 5.97 Å². The molecule has 41 heavy (non-hydrogen) atoms. The Kier molecular flexibility index (Phi) is 8.24. The van der Waals surface area contributed by atoms with Crippen LogP contribution in [0, 0.1) is 11.3 Å². The molecule has 10 heteroatoms. The highest BCUT2D eigenvalue weighted by atomic mass is 16.6. The highest BCUT2D eigenvalue weighted by molar-refractivity contribution is 5.93. The van der Waals surface area contributed by atoms with Crippen molar-refractivity contribution in [2.24, 2.45) is 11.3 Å². The zero-order valence-electron chi connectivity index (χ0n) is 24.1. The van der Waals surface area contributed by atoms with E-state index in [0.29, 0.717) is 13.0 Å². The van der Waals surface area contributed by atoms with Crippen molar-refractivity contribution in [1.82, 2.24) is 26.1 Å². The van der Waals surface area contributed by atoms with E-state index in [1.165, 1.54) is 0 Å². The molecule has 3 N–H and O–H groups in total. The minimum absolute atomic E-state index is 0.0288. The maximum atomic E-state index is 13.2. The minimum Gasteiger partial charge on any atom is -0.451 e. The van der Waals surface area contributed by atoms with E-state index in [2.05, 4.69) is 16.1 Å². The number of Topliss-reactive ketones (excluding diaryl/α,β-unsaturated/α-hetero) is 1. The molecule has 0 radical (unpaired) electrons. The van der Waals surface area contributed by atoms with Crippen LogP contribution in [0.5, 0.6) is 0 Å². The first-order valence-corrected chi connectivity index (χ1v) is 14.5. The number of ether oxygens (including phenoxy) is 1. The van der Waals surface area contributed by atoms with Crippen LogP contribution in [0.1, 0.15) is 70.7 Å². The molecule has 218 valence electrons. The molecule has 3 heterocycles. The maximum absolute atomic E-state index is 13.2. The molecule has 2 fully saturated rings. The van der Waals surface area contributed by atoms with Gasteiger partial charge in [-0.2, -0.15) is 0 Å². The van der Waals surface area contributed by atoms with Crippen LogP contribution >= 0.6 is 0 Å². The lowest BCUT2D eigenvalue weighted by molar-refractivity contribution is -0.163. The fourth-order valence-electron chi connectivity index (χ4n) is 5.14. The van der Waals surface area contributed by atoms with Crippen LogP contribution in [0.4, 0.5) is 0 Å². The van der Waals surface area contributed by atoms with E-state index in [1.54, 1.807) is 31.9 Å². The third-order valence-electron chi connectivity index (χ3n) is 8.07. The molecule has 5 bridgehead atoms. The summed E-state index contributed by atoms with van der Waals surface area (Å²) in [6.07, 6.45) is 5.62. The number of carbonyl (C=O) groups excluding carboxylic acids is 4. The summed E-state index contributed by atoms with van der Waals surface area (Å²) >= 11 is 0. The summed E-state index contributed by atoms with van der Waals surface area (Å²) in [5, 5.41) is 8.51. The molecule has 3 aliphatic rings. The molecule has 1 aromatic carbocycles. The Balaban J connectivity index is 1.45. The zero-order valence-corrected chi connectivity index (χ0v) is 24.1. The molecule has 5 rings (SSSR count). The van der Waals surface area contributed by atoms with Gasteiger partial charge in [0.15, 0.2) is 11.9 Å². The monoisotopic (exact) mass is 561 g/mol. The predicted molar refractivity (Wildman–Crippen MR) is 154 cm³/mol. The SMILES string of the molecule is C[C@@H]1NC(=O)[C@H](C2CC2)OC(=O)C(C)(C)/C=C/c2ccc3ccc(nc3c2)[C@@H](C)NC(=O)[C@@H]2CCCN(CC1=O)N2. The highest BCUT2D eigenvalue weighted by Gasteiger charge is 2.42. The molecule has 1 aliphatic carbocycles. The molecule has 1 saturated heterocycles. The number of pyridine rings is 1. The number of hydrogen-bond acceptors (Lipinski definition) is 8. The van der Waals surface area contributed by atoms with Gasteiger partial charge in [-0.15, -0.1) is 0 Å². The van der Waals surface area contributed by atoms with Crippen LogP contribution < -0.4 is 16.1 Å². The van der Waals surface area contributed by atoms with Gasteiger partial charge in [0.05, 0.1) is 35.3 Å². The smallest absolute Gasteiger partial charge is 0.316 e. The molecule has 10 nitrogen and oxygen atoms in total. The van der Waals surface area contributed by atoms with Crippen molar-refractivity contribution in [3.63, 3.8) is 0 Å². The van der Waals surface area contributed by atoms with Gasteiger partial charge in [-0.25, -0.2) is 10.4 Å². The summed E-state index contributed by atoms with van der Waals surface area (Å²) in [5.41, 5.74) is 4.55. The molecule has 2 amide bonds. The predicted octanol–water partition coefficient (Wildman–Crippen LogP) is 2.83. The Morgan fingerprint density at radius 2 is 1.68 bits per heavy atom. The van der Waals surface area contributed by atoms with Crippen molar-refractivity contribution in [1.29, 1.82) is 0 Å². The first-order valence-electron chi connectivity index (χ1n) is 14.5. The van der Waals surface area contributed by atoms with Gasteiger partial charge in [0.2, 0.25) is 5.91 Å². The quantitative estimate of drug-likeness (QED) is 0.454. The second-order valence-electron chi connectivity index (χ2n) is 12.1. The van der Waals surface area contributed by atoms with Gasteiger partial charge in [-0.3, -0.25) is 24.2 Å². The number of nitrogens with zero attached hydrogens (tertiary/aromatic N) is 2. The summed E-state index contributed by atoms with van der Waals surface area (Å²) in [4.78, 5) is 57.4. The number of fused-ring (bicyclic) bond motifs is 4. The number of carbonyl (C=O) groups is 4. The van der Waals surface area contributed by atoms with Gasteiger partial charge in [0.1, 0.15) is 6.04 Å². The van der Waals surface area contributed by atoms with E-state index < -0.39 is 35.5 Å². The van der Waals surface area contributed by atoms with Crippen LogP contribution in [0.3, 0.4) is 0 Å². The molecule has 5 atom stereocenters. The third-order valence-corrected chi connectivity index (χ3v) is 8.07. The molecular weight excluding hydrogens is 522 g/mol. The number of aromatic nitrogens is 1. The summed E-state index contributed by atoms with van der Waals surface area (Å²) in [5.74, 6) is -1.38. The third kappa shape index (κ3) is 6.82. The number of rotatable bonds is 1. The lowest BCUT2D eigenvalue weighted by atomic mass is 9.92. The maximum Gasteiger partial charge on any atom is 0.316 e. The lowest BCUT2D eigenvalue weighted by Crippen LogP contribution is -2.58. The van der Waals surface area contributed by atoms with E-state index in [1.807, 2.05) is 43.3 Å². The summed E-state index contributed by atoms with van der Waals surface area (Å²) in [7, 11) is 0. The highest BCUT2D eigenvalue weighted by Crippen LogP contribution is 2.36. The van der Waals surface area contributed by atoms with Crippen LogP contribution in [0.25, 0.3) is 17.0 Å². The first kappa shape index (κ1) is 28.9. The fraction of sp³-hybridized carbons (Fsp3) is 0.516. The van der Waals surface area contributed by atoms with Gasteiger partial charge in [0, 0.05) is 17.8 Å². The van der Waals surface area contributed by atoms with E-state index in [0.717, 1.165) is 41.4 Å². The molecule has 1 unspecified atom stereocenters. The van der Waals surface area contributed by atoms with Crippen LogP contribution in [-0.4, -0.2) is 64.8 Å². The number of ketones is 1. The van der Waals surface area contributed by atoms with Gasteiger partial charge in [-0.1, -0.05) is 30.4 Å². The largest absolute Gasteiger partial charge is 0.451 e. The number of amides is 2. The van der Waals surface area contributed by atoms with Crippen molar-refractivity contribution in [3.05, 3.63) is 47.7 Å².